The summed E-state index contributed by atoms with van der Waals surface area (Å²) in [5, 5.41) is 12.6. The maximum absolute atomic E-state index is 12.8. The molecule has 3 heterocycles. The number of furan rings is 1. The number of anilines is 1. The number of nitrogens with one attached hydrogen (secondary N) is 1. The van der Waals surface area contributed by atoms with Crippen LogP contribution in [0.1, 0.15) is 42.3 Å². The molecule has 30 heavy (non-hydrogen) atoms. The van der Waals surface area contributed by atoms with Crippen LogP contribution in [0.3, 0.4) is 0 Å². The number of nitriles is 1. The summed E-state index contributed by atoms with van der Waals surface area (Å²) in [4.78, 5) is 26.8. The molecule has 1 amide bonds. The average Bonchev–Trinajstić information content (AvgIpc) is 3.31. The number of carbonyl (C=O) groups excluding carboxylic acids is 2. The van der Waals surface area contributed by atoms with Crippen LogP contribution < -0.4 is 5.32 Å². The minimum Gasteiger partial charge on any atom is -0.467 e. The fourth-order valence-corrected chi connectivity index (χ4v) is 3.91. The molecule has 1 aliphatic heterocycles. The van der Waals surface area contributed by atoms with Crippen LogP contribution in [0.4, 0.5) is 5.82 Å². The molecular weight excluding hydrogens is 384 g/mol. The molecule has 1 fully saturated rings. The molecule has 2 aromatic heterocycles. The van der Waals surface area contributed by atoms with Gasteiger partial charge in [-0.25, -0.2) is 0 Å². The first-order valence-electron chi connectivity index (χ1n) is 10.3. The highest BCUT2D eigenvalue weighted by molar-refractivity contribution is 5.93. The normalized spacial score (nSPS) is 16.8. The zero-order chi connectivity index (χ0) is 21.7. The molecule has 1 N–H and O–H groups in total. The SMILES string of the molecule is CCOC(=O)[C@H]1CCCN(CC(=O)Nc2c(C#N)c(C)c(C)n2Cc2ccco2)C1. The molecular formula is C22H28N4O4. The van der Waals surface area contributed by atoms with E-state index in [-0.39, 0.29) is 24.3 Å². The maximum atomic E-state index is 12.8. The highest BCUT2D eigenvalue weighted by Gasteiger charge is 2.28. The number of esters is 1. The molecule has 1 saturated heterocycles. The number of nitrogens with zero attached hydrogens (tertiary/aromatic N) is 3. The van der Waals surface area contributed by atoms with E-state index in [9.17, 15) is 14.9 Å². The van der Waals surface area contributed by atoms with Crippen LogP contribution in [0, 0.1) is 31.1 Å². The van der Waals surface area contributed by atoms with Crippen molar-refractivity contribution in [1.82, 2.24) is 9.47 Å². The van der Waals surface area contributed by atoms with E-state index in [1.54, 1.807) is 19.3 Å². The number of hydrogen-bond acceptors (Lipinski definition) is 6. The number of aromatic nitrogens is 1. The molecule has 0 unspecified atom stereocenters. The largest absolute Gasteiger partial charge is 0.467 e. The quantitative estimate of drug-likeness (QED) is 0.702. The van der Waals surface area contributed by atoms with E-state index in [0.717, 1.165) is 36.4 Å². The molecule has 2 aromatic rings. The van der Waals surface area contributed by atoms with Gasteiger partial charge in [0.05, 0.1) is 37.4 Å². The Hall–Kier alpha value is -3.05. The van der Waals surface area contributed by atoms with Gasteiger partial charge in [-0.15, -0.1) is 0 Å². The van der Waals surface area contributed by atoms with Crippen molar-refractivity contribution in [3.05, 3.63) is 41.0 Å². The molecule has 0 aliphatic carbocycles. The van der Waals surface area contributed by atoms with Crippen LogP contribution in [-0.4, -0.2) is 47.6 Å². The Labute approximate surface area is 176 Å². The van der Waals surface area contributed by atoms with Gasteiger partial charge >= 0.3 is 5.97 Å². The van der Waals surface area contributed by atoms with E-state index in [2.05, 4.69) is 11.4 Å². The van der Waals surface area contributed by atoms with Gasteiger partial charge in [-0.2, -0.15) is 5.26 Å². The van der Waals surface area contributed by atoms with E-state index in [0.29, 0.717) is 31.1 Å². The molecule has 0 aromatic carbocycles. The van der Waals surface area contributed by atoms with Gasteiger partial charge in [0.25, 0.3) is 0 Å². The molecule has 8 heteroatoms. The van der Waals surface area contributed by atoms with Crippen molar-refractivity contribution in [3.8, 4) is 6.07 Å². The molecule has 160 valence electrons. The van der Waals surface area contributed by atoms with Gasteiger partial charge in [-0.05, 0) is 57.9 Å². The first-order valence-corrected chi connectivity index (χ1v) is 10.3. The van der Waals surface area contributed by atoms with Gasteiger partial charge in [0.15, 0.2) is 0 Å². The Morgan fingerprint density at radius 3 is 2.87 bits per heavy atom. The highest BCUT2D eigenvalue weighted by Crippen LogP contribution is 2.27. The Bertz CT molecular complexity index is 939. The molecule has 0 bridgehead atoms. The van der Waals surface area contributed by atoms with Crippen molar-refractivity contribution in [3.63, 3.8) is 0 Å². The third kappa shape index (κ3) is 4.74. The summed E-state index contributed by atoms with van der Waals surface area (Å²) >= 11 is 0. The number of carbonyl (C=O) groups is 2. The van der Waals surface area contributed by atoms with Gasteiger partial charge < -0.3 is 19.0 Å². The lowest BCUT2D eigenvalue weighted by Gasteiger charge is -2.30. The van der Waals surface area contributed by atoms with E-state index in [1.807, 2.05) is 29.4 Å². The summed E-state index contributed by atoms with van der Waals surface area (Å²) in [5.41, 5.74) is 2.19. The summed E-state index contributed by atoms with van der Waals surface area (Å²) in [6, 6.07) is 5.87. The van der Waals surface area contributed by atoms with Crippen molar-refractivity contribution in [2.45, 2.75) is 40.2 Å². The molecule has 1 atom stereocenters. The predicted molar refractivity (Wildman–Crippen MR) is 111 cm³/mol. The molecule has 8 nitrogen and oxygen atoms in total. The third-order valence-corrected chi connectivity index (χ3v) is 5.59. The van der Waals surface area contributed by atoms with Crippen LogP contribution in [-0.2, 0) is 20.9 Å². The predicted octanol–water partition coefficient (Wildman–Crippen LogP) is 2.83. The van der Waals surface area contributed by atoms with Gasteiger partial charge in [0.1, 0.15) is 17.6 Å². The van der Waals surface area contributed by atoms with Gasteiger partial charge in [-0.1, -0.05) is 0 Å². The fraction of sp³-hybridized carbons (Fsp3) is 0.500. The number of ether oxygens (including phenoxy) is 1. The minimum absolute atomic E-state index is 0.158. The summed E-state index contributed by atoms with van der Waals surface area (Å²) in [6.07, 6.45) is 3.22. The van der Waals surface area contributed by atoms with E-state index in [4.69, 9.17) is 9.15 Å². The second-order valence-corrected chi connectivity index (χ2v) is 7.59. The van der Waals surface area contributed by atoms with Crippen LogP contribution >= 0.6 is 0 Å². The third-order valence-electron chi connectivity index (χ3n) is 5.59. The lowest BCUT2D eigenvalue weighted by Crippen LogP contribution is -2.43. The smallest absolute Gasteiger partial charge is 0.310 e. The monoisotopic (exact) mass is 412 g/mol. The number of rotatable bonds is 7. The van der Waals surface area contributed by atoms with Crippen LogP contribution in [0.15, 0.2) is 22.8 Å². The van der Waals surface area contributed by atoms with E-state index < -0.39 is 0 Å². The highest BCUT2D eigenvalue weighted by atomic mass is 16.5. The van der Waals surface area contributed by atoms with Crippen LogP contribution in [0.2, 0.25) is 0 Å². The first-order chi connectivity index (χ1) is 14.4. The Balaban J connectivity index is 1.72. The number of amides is 1. The summed E-state index contributed by atoms with van der Waals surface area (Å²) in [6.45, 7) is 7.78. The zero-order valence-electron chi connectivity index (χ0n) is 17.7. The maximum Gasteiger partial charge on any atom is 0.310 e. The Morgan fingerprint density at radius 1 is 1.40 bits per heavy atom. The van der Waals surface area contributed by atoms with E-state index in [1.165, 1.54) is 0 Å². The topological polar surface area (TPSA) is 101 Å². The molecule has 0 radical (unpaired) electrons. The number of piperidine rings is 1. The lowest BCUT2D eigenvalue weighted by molar-refractivity contribution is -0.150. The fourth-order valence-electron chi connectivity index (χ4n) is 3.91. The Kier molecular flexibility index (Phi) is 6.95. The molecule has 3 rings (SSSR count). The lowest BCUT2D eigenvalue weighted by atomic mass is 9.98. The van der Waals surface area contributed by atoms with Crippen molar-refractivity contribution in [2.75, 3.05) is 31.6 Å². The molecule has 1 aliphatic rings. The molecule has 0 saturated carbocycles. The minimum atomic E-state index is -0.214. The van der Waals surface area contributed by atoms with Crippen molar-refractivity contribution < 1.29 is 18.7 Å². The first kappa shape index (κ1) is 21.7. The number of hydrogen-bond donors (Lipinski definition) is 1. The Morgan fingerprint density at radius 2 is 2.20 bits per heavy atom. The van der Waals surface area contributed by atoms with Gasteiger partial charge in [0.2, 0.25) is 5.91 Å². The van der Waals surface area contributed by atoms with Crippen molar-refractivity contribution in [1.29, 1.82) is 5.26 Å². The van der Waals surface area contributed by atoms with Crippen molar-refractivity contribution in [2.24, 2.45) is 5.92 Å². The summed E-state index contributed by atoms with van der Waals surface area (Å²) < 4.78 is 12.5. The van der Waals surface area contributed by atoms with E-state index >= 15 is 0 Å². The van der Waals surface area contributed by atoms with Gasteiger partial charge in [-0.3, -0.25) is 14.5 Å². The second-order valence-electron chi connectivity index (χ2n) is 7.59. The molecule has 0 spiro atoms. The van der Waals surface area contributed by atoms with Crippen LogP contribution in [0.5, 0.6) is 0 Å². The average molecular weight is 412 g/mol. The van der Waals surface area contributed by atoms with Crippen molar-refractivity contribution >= 4 is 17.7 Å². The standard InChI is InChI=1S/C22H28N4O4/c1-4-29-22(28)17-7-5-9-25(12-17)14-20(27)24-21-19(11-23)15(2)16(3)26(21)13-18-8-6-10-30-18/h6,8,10,17H,4-5,7,9,12-14H2,1-3H3,(H,24,27)/t17-/m0/s1. The number of likely N-dealkylation sites (tertiary alicyclic amines) is 1. The summed E-state index contributed by atoms with van der Waals surface area (Å²) in [7, 11) is 0. The van der Waals surface area contributed by atoms with Crippen LogP contribution in [0.25, 0.3) is 0 Å². The second kappa shape index (κ2) is 9.63. The van der Waals surface area contributed by atoms with Gasteiger partial charge in [0, 0.05) is 12.2 Å². The zero-order valence-corrected chi connectivity index (χ0v) is 17.7. The summed E-state index contributed by atoms with van der Waals surface area (Å²) in [5.74, 6) is 0.602.